The van der Waals surface area contributed by atoms with Crippen molar-refractivity contribution in [1.82, 2.24) is 5.32 Å². The molecule has 0 aliphatic carbocycles. The first kappa shape index (κ1) is 14.0. The van der Waals surface area contributed by atoms with Crippen LogP contribution in [0.15, 0.2) is 0 Å². The summed E-state index contributed by atoms with van der Waals surface area (Å²) < 4.78 is 5.22. The smallest absolute Gasteiger partial charge is 0.329 e. The second-order valence-corrected chi connectivity index (χ2v) is 4.81. The molecule has 0 aromatic carbocycles. The zero-order valence-electron chi connectivity index (χ0n) is 10.5. The molecular formula is C12H21NO4. The van der Waals surface area contributed by atoms with Crippen LogP contribution in [0, 0.1) is 5.92 Å². The van der Waals surface area contributed by atoms with E-state index in [1.165, 1.54) is 6.92 Å². The van der Waals surface area contributed by atoms with Crippen molar-refractivity contribution in [3.8, 4) is 0 Å². The maximum atomic E-state index is 11.7. The zero-order chi connectivity index (χ0) is 12.9. The Bertz CT molecular complexity index is 286. The summed E-state index contributed by atoms with van der Waals surface area (Å²) in [5, 5.41) is 11.6. The molecule has 1 fully saturated rings. The molecule has 1 amide bonds. The lowest BCUT2D eigenvalue weighted by Crippen LogP contribution is -2.51. The fourth-order valence-corrected chi connectivity index (χ4v) is 1.81. The number of aliphatic carboxylic acids is 1. The summed E-state index contributed by atoms with van der Waals surface area (Å²) in [5.74, 6) is -0.736. The minimum atomic E-state index is -1.15. The van der Waals surface area contributed by atoms with Crippen LogP contribution in [0.2, 0.25) is 0 Å². The van der Waals surface area contributed by atoms with Gasteiger partial charge in [0.1, 0.15) is 5.54 Å². The molecule has 1 heterocycles. The lowest BCUT2D eigenvalue weighted by Gasteiger charge is -2.24. The third kappa shape index (κ3) is 4.00. The van der Waals surface area contributed by atoms with Gasteiger partial charge in [0.25, 0.3) is 0 Å². The van der Waals surface area contributed by atoms with E-state index in [1.807, 2.05) is 0 Å². The van der Waals surface area contributed by atoms with Crippen LogP contribution in [0.25, 0.3) is 0 Å². The van der Waals surface area contributed by atoms with Gasteiger partial charge in [0.2, 0.25) is 5.91 Å². The fraction of sp³-hybridized carbons (Fsp3) is 0.833. The van der Waals surface area contributed by atoms with Gasteiger partial charge < -0.3 is 15.2 Å². The summed E-state index contributed by atoms with van der Waals surface area (Å²) in [5.41, 5.74) is -1.15. The summed E-state index contributed by atoms with van der Waals surface area (Å²) in [7, 11) is 0. The molecule has 0 bridgehead atoms. The molecule has 0 radical (unpaired) electrons. The van der Waals surface area contributed by atoms with Crippen molar-refractivity contribution in [2.24, 2.45) is 5.92 Å². The molecule has 5 nitrogen and oxygen atoms in total. The summed E-state index contributed by atoms with van der Waals surface area (Å²) in [4.78, 5) is 22.7. The molecule has 98 valence electrons. The number of hydrogen-bond acceptors (Lipinski definition) is 3. The van der Waals surface area contributed by atoms with E-state index in [9.17, 15) is 9.59 Å². The van der Waals surface area contributed by atoms with E-state index in [4.69, 9.17) is 9.84 Å². The van der Waals surface area contributed by atoms with Gasteiger partial charge in [-0.1, -0.05) is 6.92 Å². The highest BCUT2D eigenvalue weighted by Gasteiger charge is 2.32. The molecule has 2 unspecified atom stereocenters. The number of nitrogens with one attached hydrogen (secondary N) is 1. The second-order valence-electron chi connectivity index (χ2n) is 4.81. The van der Waals surface area contributed by atoms with Gasteiger partial charge >= 0.3 is 5.97 Å². The number of carbonyl (C=O) groups excluding carboxylic acids is 1. The molecule has 1 saturated heterocycles. The van der Waals surface area contributed by atoms with Crippen molar-refractivity contribution in [2.75, 3.05) is 13.2 Å². The quantitative estimate of drug-likeness (QED) is 0.734. The van der Waals surface area contributed by atoms with Crippen LogP contribution in [0.4, 0.5) is 0 Å². The number of carboxylic acid groups (broad SMARTS) is 1. The maximum Gasteiger partial charge on any atom is 0.329 e. The Morgan fingerprint density at radius 3 is 2.71 bits per heavy atom. The molecule has 1 rings (SSSR count). The Morgan fingerprint density at radius 2 is 2.24 bits per heavy atom. The molecular weight excluding hydrogens is 222 g/mol. The van der Waals surface area contributed by atoms with E-state index in [2.05, 4.69) is 5.32 Å². The van der Waals surface area contributed by atoms with Gasteiger partial charge in [-0.05, 0) is 32.1 Å². The molecule has 0 aromatic heterocycles. The third-order valence-electron chi connectivity index (χ3n) is 3.40. The maximum absolute atomic E-state index is 11.7. The molecule has 0 saturated carbocycles. The van der Waals surface area contributed by atoms with Crippen molar-refractivity contribution in [1.29, 1.82) is 0 Å². The lowest BCUT2D eigenvalue weighted by atomic mass is 9.97. The highest BCUT2D eigenvalue weighted by molar-refractivity contribution is 5.86. The number of ether oxygens (including phenoxy) is 1. The van der Waals surface area contributed by atoms with Gasteiger partial charge in [-0.25, -0.2) is 4.79 Å². The number of amides is 1. The van der Waals surface area contributed by atoms with Crippen LogP contribution in [0.3, 0.4) is 0 Å². The van der Waals surface area contributed by atoms with Crippen molar-refractivity contribution >= 4 is 11.9 Å². The Labute approximate surface area is 102 Å². The minimum Gasteiger partial charge on any atom is -0.480 e. The number of rotatable bonds is 6. The fourth-order valence-electron chi connectivity index (χ4n) is 1.81. The average Bonchev–Trinajstić information content (AvgIpc) is 2.78. The van der Waals surface area contributed by atoms with Gasteiger partial charge in [0.05, 0.1) is 0 Å². The molecule has 2 atom stereocenters. The highest BCUT2D eigenvalue weighted by Crippen LogP contribution is 2.18. The van der Waals surface area contributed by atoms with Crippen molar-refractivity contribution in [3.63, 3.8) is 0 Å². The number of carbonyl (C=O) groups is 2. The Balaban J connectivity index is 2.34. The zero-order valence-corrected chi connectivity index (χ0v) is 10.5. The van der Waals surface area contributed by atoms with Crippen molar-refractivity contribution in [3.05, 3.63) is 0 Å². The van der Waals surface area contributed by atoms with Gasteiger partial charge in [-0.2, -0.15) is 0 Å². The van der Waals surface area contributed by atoms with Crippen LogP contribution in [-0.4, -0.2) is 35.7 Å². The van der Waals surface area contributed by atoms with Crippen LogP contribution in [0.1, 0.15) is 39.5 Å². The van der Waals surface area contributed by atoms with Crippen molar-refractivity contribution in [2.45, 2.75) is 45.1 Å². The van der Waals surface area contributed by atoms with E-state index < -0.39 is 11.5 Å². The van der Waals surface area contributed by atoms with E-state index in [-0.39, 0.29) is 5.91 Å². The van der Waals surface area contributed by atoms with Crippen LogP contribution < -0.4 is 5.32 Å². The average molecular weight is 243 g/mol. The Kier molecular flexibility index (Phi) is 4.93. The lowest BCUT2D eigenvalue weighted by molar-refractivity contribution is -0.147. The summed E-state index contributed by atoms with van der Waals surface area (Å²) >= 11 is 0. The van der Waals surface area contributed by atoms with Gasteiger partial charge in [-0.3, -0.25) is 4.79 Å². The summed E-state index contributed by atoms with van der Waals surface area (Å²) in [6.45, 7) is 4.77. The first-order chi connectivity index (χ1) is 7.98. The molecule has 0 spiro atoms. The molecule has 2 N–H and O–H groups in total. The van der Waals surface area contributed by atoms with E-state index in [1.54, 1.807) is 6.92 Å². The topological polar surface area (TPSA) is 75.6 Å². The normalized spacial score (nSPS) is 23.1. The van der Waals surface area contributed by atoms with Crippen LogP contribution in [-0.2, 0) is 14.3 Å². The summed E-state index contributed by atoms with van der Waals surface area (Å²) in [6.07, 6.45) is 2.51. The van der Waals surface area contributed by atoms with Gasteiger partial charge in [-0.15, -0.1) is 0 Å². The van der Waals surface area contributed by atoms with Crippen LogP contribution in [0.5, 0.6) is 0 Å². The van der Waals surface area contributed by atoms with E-state index in [0.29, 0.717) is 18.8 Å². The first-order valence-electron chi connectivity index (χ1n) is 6.10. The van der Waals surface area contributed by atoms with Crippen molar-refractivity contribution < 1.29 is 19.4 Å². The van der Waals surface area contributed by atoms with Crippen LogP contribution >= 0.6 is 0 Å². The predicted octanol–water partition coefficient (Wildman–Crippen LogP) is 1.17. The molecule has 1 aliphatic heterocycles. The van der Waals surface area contributed by atoms with Gasteiger partial charge in [0.15, 0.2) is 0 Å². The number of hydrogen-bond donors (Lipinski definition) is 2. The molecule has 5 heteroatoms. The second kappa shape index (κ2) is 6.00. The third-order valence-corrected chi connectivity index (χ3v) is 3.40. The minimum absolute atomic E-state index is 0.191. The Morgan fingerprint density at radius 1 is 1.53 bits per heavy atom. The predicted molar refractivity (Wildman–Crippen MR) is 62.6 cm³/mol. The monoisotopic (exact) mass is 243 g/mol. The summed E-state index contributed by atoms with van der Waals surface area (Å²) in [6, 6.07) is 0. The standard InChI is InChI=1S/C12H21NO4/c1-3-12(2,11(15)16)13-10(14)5-4-9-6-7-17-8-9/h9H,3-8H2,1-2H3,(H,13,14)(H,15,16). The van der Waals surface area contributed by atoms with Gasteiger partial charge in [0, 0.05) is 19.6 Å². The first-order valence-corrected chi connectivity index (χ1v) is 6.10. The van der Waals surface area contributed by atoms with E-state index >= 15 is 0 Å². The largest absolute Gasteiger partial charge is 0.480 e. The number of carboxylic acids is 1. The molecule has 17 heavy (non-hydrogen) atoms. The Hall–Kier alpha value is -1.10. The van der Waals surface area contributed by atoms with E-state index in [0.717, 1.165) is 26.1 Å². The molecule has 1 aliphatic rings. The molecule has 0 aromatic rings. The SMILES string of the molecule is CCC(C)(NC(=O)CCC1CCOC1)C(=O)O. The highest BCUT2D eigenvalue weighted by atomic mass is 16.5.